The monoisotopic (exact) mass is 462 g/mol. The lowest BCUT2D eigenvalue weighted by molar-refractivity contribution is 0.0302. The number of aryl methyl sites for hydroxylation is 1. The molecule has 2 aliphatic heterocycles. The number of nitriles is 1. The van der Waals surface area contributed by atoms with E-state index in [1.165, 1.54) is 0 Å². The fraction of sp³-hybridized carbons (Fsp3) is 0.440. The summed E-state index contributed by atoms with van der Waals surface area (Å²) in [5.74, 6) is 0.0180. The van der Waals surface area contributed by atoms with Crippen molar-refractivity contribution >= 4 is 17.6 Å². The number of morpholine rings is 1. The van der Waals surface area contributed by atoms with Gasteiger partial charge in [0.15, 0.2) is 0 Å². The first-order valence-electron chi connectivity index (χ1n) is 11.7. The first-order valence-corrected chi connectivity index (χ1v) is 11.7. The molecule has 0 aliphatic carbocycles. The number of pyridine rings is 1. The summed E-state index contributed by atoms with van der Waals surface area (Å²) in [4.78, 5) is 35.5. The number of para-hydroxylation sites is 1. The van der Waals surface area contributed by atoms with E-state index in [1.54, 1.807) is 35.4 Å². The van der Waals surface area contributed by atoms with E-state index >= 15 is 0 Å². The van der Waals surface area contributed by atoms with E-state index in [4.69, 9.17) is 4.74 Å². The van der Waals surface area contributed by atoms with Crippen molar-refractivity contribution in [3.63, 3.8) is 0 Å². The van der Waals surface area contributed by atoms with Crippen molar-refractivity contribution in [1.29, 1.82) is 5.26 Å². The van der Waals surface area contributed by atoms with Crippen LogP contribution in [0.1, 0.15) is 27.9 Å². The summed E-state index contributed by atoms with van der Waals surface area (Å²) in [5.41, 5.74) is 2.70. The van der Waals surface area contributed by atoms with Crippen LogP contribution in [-0.2, 0) is 11.2 Å². The molecule has 1 aromatic carbocycles. The fourth-order valence-electron chi connectivity index (χ4n) is 4.26. The Kier molecular flexibility index (Phi) is 8.07. The van der Waals surface area contributed by atoms with Gasteiger partial charge in [-0.05, 0) is 43.1 Å². The maximum atomic E-state index is 12.7. The number of hydrogen-bond acceptors (Lipinski definition) is 6. The lowest BCUT2D eigenvalue weighted by atomic mass is 10.1. The van der Waals surface area contributed by atoms with Gasteiger partial charge in [0.1, 0.15) is 6.07 Å². The van der Waals surface area contributed by atoms with Gasteiger partial charge >= 0.3 is 6.03 Å². The van der Waals surface area contributed by atoms with Gasteiger partial charge in [-0.25, -0.2) is 4.79 Å². The highest BCUT2D eigenvalue weighted by Crippen LogP contribution is 2.15. The number of hydrogen-bond donors (Lipinski definition) is 1. The van der Waals surface area contributed by atoms with Crippen LogP contribution >= 0.6 is 0 Å². The SMILES string of the molecule is N#Cc1ccccc1NC(=O)N1CCN(CCCc2cncc(C(=O)N3CCOCC3)c2)CC1. The van der Waals surface area contributed by atoms with Crippen LogP contribution < -0.4 is 5.32 Å². The Balaban J connectivity index is 1.20. The van der Waals surface area contributed by atoms with E-state index in [0.29, 0.717) is 56.2 Å². The Hall–Kier alpha value is -3.48. The molecule has 2 aliphatic rings. The second-order valence-corrected chi connectivity index (χ2v) is 8.51. The zero-order chi connectivity index (χ0) is 23.8. The Labute approximate surface area is 199 Å². The van der Waals surface area contributed by atoms with Crippen molar-refractivity contribution < 1.29 is 14.3 Å². The Morgan fingerprint density at radius 1 is 1.03 bits per heavy atom. The van der Waals surface area contributed by atoms with Crippen molar-refractivity contribution in [3.8, 4) is 6.07 Å². The minimum Gasteiger partial charge on any atom is -0.378 e. The molecule has 178 valence electrons. The maximum Gasteiger partial charge on any atom is 0.321 e. The second-order valence-electron chi connectivity index (χ2n) is 8.51. The van der Waals surface area contributed by atoms with Gasteiger partial charge < -0.3 is 19.9 Å². The van der Waals surface area contributed by atoms with Crippen LogP contribution in [0.15, 0.2) is 42.7 Å². The van der Waals surface area contributed by atoms with Gasteiger partial charge in [0.25, 0.3) is 5.91 Å². The standard InChI is InChI=1S/C25H30N6O3/c26-17-21-5-1-2-6-23(21)28-25(33)31-10-8-29(9-11-31)7-3-4-20-16-22(19-27-18-20)24(32)30-12-14-34-15-13-30/h1-2,5-6,16,18-19H,3-4,7-15H2,(H,28,33). The summed E-state index contributed by atoms with van der Waals surface area (Å²) >= 11 is 0. The number of nitrogens with one attached hydrogen (secondary N) is 1. The Morgan fingerprint density at radius 2 is 1.79 bits per heavy atom. The molecule has 2 saturated heterocycles. The first kappa shape index (κ1) is 23.7. The molecule has 2 aromatic rings. The van der Waals surface area contributed by atoms with E-state index in [2.05, 4.69) is 21.3 Å². The number of rotatable bonds is 6. The highest BCUT2D eigenvalue weighted by atomic mass is 16.5. The van der Waals surface area contributed by atoms with Gasteiger partial charge in [-0.15, -0.1) is 0 Å². The third-order valence-corrected chi connectivity index (χ3v) is 6.23. The molecule has 0 unspecified atom stereocenters. The zero-order valence-corrected chi connectivity index (χ0v) is 19.3. The number of amides is 3. The number of nitrogens with zero attached hydrogens (tertiary/aromatic N) is 5. The minimum atomic E-state index is -0.171. The van der Waals surface area contributed by atoms with E-state index < -0.39 is 0 Å². The quantitative estimate of drug-likeness (QED) is 0.706. The summed E-state index contributed by atoms with van der Waals surface area (Å²) in [6.07, 6.45) is 5.28. The Morgan fingerprint density at radius 3 is 2.56 bits per heavy atom. The molecule has 9 nitrogen and oxygen atoms in total. The average molecular weight is 463 g/mol. The molecule has 1 N–H and O–H groups in total. The van der Waals surface area contributed by atoms with Gasteiger partial charge in [-0.2, -0.15) is 5.26 Å². The third kappa shape index (κ3) is 6.10. The predicted octanol–water partition coefficient (Wildman–Crippen LogP) is 2.21. The van der Waals surface area contributed by atoms with Crippen molar-refractivity contribution in [2.45, 2.75) is 12.8 Å². The Bertz CT molecular complexity index is 1040. The molecule has 0 bridgehead atoms. The highest BCUT2D eigenvalue weighted by Gasteiger charge is 2.22. The number of ether oxygens (including phenoxy) is 1. The number of aromatic nitrogens is 1. The minimum absolute atomic E-state index is 0.0180. The number of carbonyl (C=O) groups is 2. The molecule has 4 rings (SSSR count). The van der Waals surface area contributed by atoms with E-state index in [1.807, 2.05) is 17.2 Å². The number of carbonyl (C=O) groups excluding carboxylic acids is 2. The van der Waals surface area contributed by atoms with Crippen molar-refractivity contribution in [2.75, 3.05) is 64.3 Å². The lowest BCUT2D eigenvalue weighted by Gasteiger charge is -2.34. The maximum absolute atomic E-state index is 12.7. The van der Waals surface area contributed by atoms with Crippen LogP contribution in [0.3, 0.4) is 0 Å². The van der Waals surface area contributed by atoms with Gasteiger partial charge in [-0.3, -0.25) is 14.7 Å². The van der Waals surface area contributed by atoms with Crippen LogP contribution in [0.5, 0.6) is 0 Å². The van der Waals surface area contributed by atoms with Crippen LogP contribution in [0.2, 0.25) is 0 Å². The molecular formula is C25H30N6O3. The van der Waals surface area contributed by atoms with E-state index in [9.17, 15) is 14.9 Å². The molecule has 0 spiro atoms. The summed E-state index contributed by atoms with van der Waals surface area (Å²) in [7, 11) is 0. The van der Waals surface area contributed by atoms with E-state index in [-0.39, 0.29) is 11.9 Å². The van der Waals surface area contributed by atoms with Crippen molar-refractivity contribution in [3.05, 3.63) is 59.4 Å². The highest BCUT2D eigenvalue weighted by molar-refractivity contribution is 5.94. The zero-order valence-electron chi connectivity index (χ0n) is 19.3. The molecule has 34 heavy (non-hydrogen) atoms. The van der Waals surface area contributed by atoms with Gasteiger partial charge in [0, 0.05) is 51.7 Å². The molecule has 1 aromatic heterocycles. The van der Waals surface area contributed by atoms with E-state index in [0.717, 1.165) is 38.0 Å². The van der Waals surface area contributed by atoms with Crippen molar-refractivity contribution in [1.82, 2.24) is 19.7 Å². The topological polar surface area (TPSA) is 102 Å². The fourth-order valence-corrected chi connectivity index (χ4v) is 4.26. The summed E-state index contributed by atoms with van der Waals surface area (Å²) in [6, 6.07) is 10.9. The van der Waals surface area contributed by atoms with Crippen molar-refractivity contribution in [2.24, 2.45) is 0 Å². The largest absolute Gasteiger partial charge is 0.378 e. The summed E-state index contributed by atoms with van der Waals surface area (Å²) in [5, 5.41) is 12.0. The molecule has 0 radical (unpaired) electrons. The first-order chi connectivity index (χ1) is 16.6. The predicted molar refractivity (Wildman–Crippen MR) is 127 cm³/mol. The molecule has 0 atom stereocenters. The number of urea groups is 1. The average Bonchev–Trinajstić information content (AvgIpc) is 2.89. The lowest BCUT2D eigenvalue weighted by Crippen LogP contribution is -2.50. The number of benzene rings is 1. The van der Waals surface area contributed by atoms with Crippen LogP contribution in [0, 0.1) is 11.3 Å². The van der Waals surface area contributed by atoms with Gasteiger partial charge in [0.2, 0.25) is 0 Å². The van der Waals surface area contributed by atoms with Gasteiger partial charge in [-0.1, -0.05) is 12.1 Å². The molecule has 3 amide bonds. The molecular weight excluding hydrogens is 432 g/mol. The molecule has 2 fully saturated rings. The molecule has 3 heterocycles. The van der Waals surface area contributed by atoms with Crippen LogP contribution in [0.4, 0.5) is 10.5 Å². The number of piperazine rings is 1. The second kappa shape index (κ2) is 11.6. The van der Waals surface area contributed by atoms with Gasteiger partial charge in [0.05, 0.1) is 30.0 Å². The van der Waals surface area contributed by atoms with Crippen LogP contribution in [0.25, 0.3) is 0 Å². The summed E-state index contributed by atoms with van der Waals surface area (Å²) < 4.78 is 5.32. The normalized spacial score (nSPS) is 16.7. The summed E-state index contributed by atoms with van der Waals surface area (Å²) in [6.45, 7) is 6.24. The number of anilines is 1. The smallest absolute Gasteiger partial charge is 0.321 e. The molecule has 0 saturated carbocycles. The molecule has 9 heteroatoms. The third-order valence-electron chi connectivity index (χ3n) is 6.23. The van der Waals surface area contributed by atoms with Crippen LogP contribution in [-0.4, -0.2) is 90.6 Å².